The molecule has 1 amide bonds. The van der Waals surface area contributed by atoms with Gasteiger partial charge in [0.2, 0.25) is 11.0 Å². The van der Waals surface area contributed by atoms with E-state index in [1.807, 2.05) is 37.3 Å². The first kappa shape index (κ1) is 21.9. The predicted octanol–water partition coefficient (Wildman–Crippen LogP) is 5.60. The fraction of sp³-hybridized carbons (Fsp3) is 0.150. The number of hydrogen-bond acceptors (Lipinski definition) is 9. The predicted molar refractivity (Wildman–Crippen MR) is 124 cm³/mol. The quantitative estimate of drug-likeness (QED) is 0.255. The third-order valence-electron chi connectivity index (χ3n) is 3.98. The van der Waals surface area contributed by atoms with Gasteiger partial charge in [-0.05, 0) is 30.2 Å². The number of benzene rings is 2. The number of nitrogens with one attached hydrogen (secondary N) is 1. The topological polar surface area (TPSA) is 80.7 Å². The number of nitrogens with zero attached hydrogens (tertiary/aromatic N) is 4. The van der Waals surface area contributed by atoms with Crippen LogP contribution in [0.25, 0.3) is 0 Å². The lowest BCUT2D eigenvalue weighted by molar-refractivity contribution is -0.115. The molecule has 0 aliphatic carbocycles. The molecule has 0 aliphatic heterocycles. The zero-order chi connectivity index (χ0) is 21.6. The Morgan fingerprint density at radius 1 is 1.00 bits per heavy atom. The Kier molecular flexibility index (Phi) is 7.28. The van der Waals surface area contributed by atoms with Crippen LogP contribution in [-0.2, 0) is 10.5 Å². The van der Waals surface area contributed by atoms with Crippen LogP contribution < -0.4 is 5.32 Å². The lowest BCUT2D eigenvalue weighted by Crippen LogP contribution is -2.18. The van der Waals surface area contributed by atoms with Gasteiger partial charge in [-0.25, -0.2) is 4.39 Å². The minimum atomic E-state index is -0.493. The van der Waals surface area contributed by atoms with E-state index in [1.54, 1.807) is 12.1 Å². The second kappa shape index (κ2) is 10.3. The molecule has 0 radical (unpaired) electrons. The van der Waals surface area contributed by atoms with E-state index < -0.39 is 5.25 Å². The van der Waals surface area contributed by atoms with Crippen molar-refractivity contribution < 1.29 is 9.18 Å². The maximum Gasteiger partial charge on any atom is 0.244 e. The van der Waals surface area contributed by atoms with Crippen LogP contribution in [0.2, 0.25) is 0 Å². The third-order valence-corrected chi connectivity index (χ3v) is 8.20. The molecule has 2 aromatic carbocycles. The number of amides is 1. The summed E-state index contributed by atoms with van der Waals surface area (Å²) in [6.07, 6.45) is 0. The van der Waals surface area contributed by atoms with E-state index in [0.717, 1.165) is 24.8 Å². The first-order valence-corrected chi connectivity index (χ1v) is 12.6. The Morgan fingerprint density at radius 3 is 2.45 bits per heavy atom. The first-order valence-electron chi connectivity index (χ1n) is 9.10. The summed E-state index contributed by atoms with van der Waals surface area (Å²) in [4.78, 5) is 13.1. The highest BCUT2D eigenvalue weighted by Crippen LogP contribution is 2.38. The van der Waals surface area contributed by atoms with Gasteiger partial charge in [0.15, 0.2) is 8.68 Å². The van der Waals surface area contributed by atoms with Crippen LogP contribution in [0, 0.1) is 12.7 Å². The molecule has 0 saturated carbocycles. The van der Waals surface area contributed by atoms with Gasteiger partial charge in [-0.2, -0.15) is 0 Å². The Labute approximate surface area is 194 Å². The van der Waals surface area contributed by atoms with Crippen molar-refractivity contribution in [3.05, 3.63) is 76.5 Å². The van der Waals surface area contributed by atoms with Crippen molar-refractivity contribution in [2.24, 2.45) is 0 Å². The van der Waals surface area contributed by atoms with Crippen molar-refractivity contribution in [3.63, 3.8) is 0 Å². The van der Waals surface area contributed by atoms with Crippen molar-refractivity contribution in [1.29, 1.82) is 0 Å². The second-order valence-electron chi connectivity index (χ2n) is 6.27. The van der Waals surface area contributed by atoms with E-state index in [9.17, 15) is 9.18 Å². The van der Waals surface area contributed by atoms with Gasteiger partial charge in [0.1, 0.15) is 16.1 Å². The average Bonchev–Trinajstić information content (AvgIpc) is 3.40. The zero-order valence-electron chi connectivity index (χ0n) is 16.2. The molecule has 0 fully saturated rings. The zero-order valence-corrected chi connectivity index (χ0v) is 19.5. The molecule has 0 spiro atoms. The molecule has 6 nitrogen and oxygen atoms in total. The molecule has 0 aliphatic rings. The normalized spacial score (nSPS) is 11.9. The van der Waals surface area contributed by atoms with Gasteiger partial charge in [0.05, 0.1) is 0 Å². The summed E-state index contributed by atoms with van der Waals surface area (Å²) >= 11 is 5.60. The molecule has 1 unspecified atom stereocenters. The van der Waals surface area contributed by atoms with Crippen molar-refractivity contribution in [3.8, 4) is 0 Å². The van der Waals surface area contributed by atoms with Gasteiger partial charge in [-0.15, -0.1) is 20.4 Å². The van der Waals surface area contributed by atoms with Crippen molar-refractivity contribution in [1.82, 2.24) is 20.4 Å². The number of rotatable bonds is 8. The monoisotopic (exact) mass is 489 g/mol. The van der Waals surface area contributed by atoms with Gasteiger partial charge in [0.25, 0.3) is 0 Å². The fourth-order valence-electron chi connectivity index (χ4n) is 2.54. The Morgan fingerprint density at radius 2 is 1.74 bits per heavy atom. The molecule has 4 aromatic rings. The Hall–Kier alpha value is -2.34. The lowest BCUT2D eigenvalue weighted by atomic mass is 10.1. The van der Waals surface area contributed by atoms with Gasteiger partial charge in [-0.1, -0.05) is 88.7 Å². The van der Waals surface area contributed by atoms with Crippen LogP contribution in [0.1, 0.15) is 21.4 Å². The second-order valence-corrected chi connectivity index (χ2v) is 11.0. The maximum atomic E-state index is 13.1. The van der Waals surface area contributed by atoms with Crippen LogP contribution in [0.15, 0.2) is 63.3 Å². The van der Waals surface area contributed by atoms with Crippen LogP contribution in [0.5, 0.6) is 0 Å². The number of aryl methyl sites for hydroxylation is 1. The van der Waals surface area contributed by atoms with Crippen LogP contribution >= 0.6 is 46.2 Å². The molecule has 1 atom stereocenters. The van der Waals surface area contributed by atoms with Crippen LogP contribution in [0.4, 0.5) is 9.52 Å². The molecule has 1 N–H and O–H groups in total. The van der Waals surface area contributed by atoms with E-state index in [1.165, 1.54) is 58.3 Å². The number of thioether (sulfide) groups is 2. The third kappa shape index (κ3) is 6.10. The molecule has 2 aromatic heterocycles. The molecule has 0 saturated heterocycles. The summed E-state index contributed by atoms with van der Waals surface area (Å²) in [6.45, 7) is 1.88. The Balaban J connectivity index is 1.42. The van der Waals surface area contributed by atoms with E-state index in [-0.39, 0.29) is 11.7 Å². The number of carbonyl (C=O) groups is 1. The summed E-state index contributed by atoms with van der Waals surface area (Å²) in [7, 11) is 0. The van der Waals surface area contributed by atoms with Gasteiger partial charge in [-0.3, -0.25) is 10.1 Å². The average molecular weight is 490 g/mol. The highest BCUT2D eigenvalue weighted by atomic mass is 32.2. The Bertz CT molecular complexity index is 1150. The minimum Gasteiger partial charge on any atom is -0.299 e. The standard InChI is InChI=1S/C20H16FN5OS4/c1-12-23-26-20(29-12)30-16(14-5-3-2-4-6-14)17(27)22-18-24-25-19(31-18)28-11-13-7-9-15(21)10-8-13/h2-10,16H,11H2,1H3,(H,22,24,27). The summed E-state index contributed by atoms with van der Waals surface area (Å²) in [5, 5.41) is 20.1. The SMILES string of the molecule is Cc1nnc(SC(C(=O)Nc2nnc(SCc3ccc(F)cc3)s2)c2ccccc2)s1. The lowest BCUT2D eigenvalue weighted by Gasteiger charge is -2.14. The molecular weight excluding hydrogens is 474 g/mol. The van der Waals surface area contributed by atoms with Gasteiger partial charge >= 0.3 is 0 Å². The smallest absolute Gasteiger partial charge is 0.244 e. The summed E-state index contributed by atoms with van der Waals surface area (Å²) in [5.41, 5.74) is 1.85. The first-order chi connectivity index (χ1) is 15.1. The summed E-state index contributed by atoms with van der Waals surface area (Å²) in [6, 6.07) is 15.9. The highest BCUT2D eigenvalue weighted by Gasteiger charge is 2.25. The molecular formula is C20H16FN5OS4. The van der Waals surface area contributed by atoms with Gasteiger partial charge in [0, 0.05) is 5.75 Å². The molecule has 0 bridgehead atoms. The van der Waals surface area contributed by atoms with E-state index in [2.05, 4.69) is 25.7 Å². The van der Waals surface area contributed by atoms with E-state index >= 15 is 0 Å². The van der Waals surface area contributed by atoms with Gasteiger partial charge < -0.3 is 0 Å². The fourth-order valence-corrected chi connectivity index (χ4v) is 6.26. The number of carbonyl (C=O) groups excluding carboxylic acids is 1. The minimum absolute atomic E-state index is 0.199. The van der Waals surface area contributed by atoms with E-state index in [0.29, 0.717) is 10.9 Å². The van der Waals surface area contributed by atoms with Crippen LogP contribution in [-0.4, -0.2) is 26.3 Å². The van der Waals surface area contributed by atoms with E-state index in [4.69, 9.17) is 0 Å². The number of anilines is 1. The highest BCUT2D eigenvalue weighted by molar-refractivity contribution is 8.02. The molecule has 158 valence electrons. The number of halogens is 1. The number of hydrogen-bond donors (Lipinski definition) is 1. The van der Waals surface area contributed by atoms with Crippen molar-refractivity contribution in [2.75, 3.05) is 5.32 Å². The summed E-state index contributed by atoms with van der Waals surface area (Å²) in [5.74, 6) is 0.182. The summed E-state index contributed by atoms with van der Waals surface area (Å²) < 4.78 is 14.5. The molecule has 31 heavy (non-hydrogen) atoms. The molecule has 11 heteroatoms. The largest absolute Gasteiger partial charge is 0.299 e. The van der Waals surface area contributed by atoms with Crippen molar-refractivity contribution in [2.45, 2.75) is 26.6 Å². The molecule has 2 heterocycles. The van der Waals surface area contributed by atoms with Crippen molar-refractivity contribution >= 4 is 57.2 Å². The maximum absolute atomic E-state index is 13.1. The molecule has 4 rings (SSSR count). The number of aromatic nitrogens is 4. The van der Waals surface area contributed by atoms with Crippen LogP contribution in [0.3, 0.4) is 0 Å².